The van der Waals surface area contributed by atoms with Gasteiger partial charge >= 0.3 is 0 Å². The number of nitro groups is 1. The van der Waals surface area contributed by atoms with E-state index >= 15 is 0 Å². The highest BCUT2D eigenvalue weighted by Gasteiger charge is 2.37. The molecule has 0 radical (unpaired) electrons. The van der Waals surface area contributed by atoms with Crippen LogP contribution < -0.4 is 5.11 Å². The van der Waals surface area contributed by atoms with Crippen LogP contribution in [0.5, 0.6) is 0 Å². The fourth-order valence-corrected chi connectivity index (χ4v) is 2.52. The van der Waals surface area contributed by atoms with Gasteiger partial charge in [0.2, 0.25) is 5.78 Å². The van der Waals surface area contributed by atoms with Crippen molar-refractivity contribution in [3.8, 4) is 0 Å². The van der Waals surface area contributed by atoms with Crippen LogP contribution in [0.3, 0.4) is 0 Å². The summed E-state index contributed by atoms with van der Waals surface area (Å²) in [7, 11) is 0. The molecule has 1 aliphatic carbocycles. The molecule has 0 heterocycles. The van der Waals surface area contributed by atoms with Crippen LogP contribution in [0.2, 0.25) is 0 Å². The maximum Gasteiger partial charge on any atom is 0.290 e. The Morgan fingerprint density at radius 2 is 1.50 bits per heavy atom. The van der Waals surface area contributed by atoms with E-state index in [2.05, 4.69) is 0 Å². The van der Waals surface area contributed by atoms with Gasteiger partial charge in [0.25, 0.3) is 5.69 Å². The van der Waals surface area contributed by atoms with E-state index < -0.39 is 39.3 Å². The van der Waals surface area contributed by atoms with Crippen LogP contribution in [-0.2, 0) is 0 Å². The molecule has 7 nitrogen and oxygen atoms in total. The van der Waals surface area contributed by atoms with E-state index in [1.165, 1.54) is 18.2 Å². The lowest BCUT2D eigenvalue weighted by Gasteiger charge is -2.18. The minimum absolute atomic E-state index is 0.0126. The molecule has 0 aliphatic heterocycles. The highest BCUT2D eigenvalue weighted by Crippen LogP contribution is 2.35. The van der Waals surface area contributed by atoms with Crippen LogP contribution in [0.15, 0.2) is 36.4 Å². The molecule has 0 atom stereocenters. The number of carbonyl (C=O) groups is 3. The van der Waals surface area contributed by atoms with E-state index in [0.717, 1.165) is 12.1 Å². The molecule has 3 rings (SSSR count). The van der Waals surface area contributed by atoms with Gasteiger partial charge in [0, 0.05) is 16.7 Å². The molecule has 0 amide bonds. The summed E-state index contributed by atoms with van der Waals surface area (Å²) in [5.41, 5.74) is -2.18. The van der Waals surface area contributed by atoms with Crippen molar-refractivity contribution < 1.29 is 24.4 Å². The fraction of sp³-hybridized carbons (Fsp3) is 0. The van der Waals surface area contributed by atoms with Gasteiger partial charge in [-0.2, -0.15) is 0 Å². The summed E-state index contributed by atoms with van der Waals surface area (Å²) in [5.74, 6) is -3.09. The number of carboxylic acid groups (broad SMARTS) is 1. The quantitative estimate of drug-likeness (QED) is 0.508. The van der Waals surface area contributed by atoms with Crippen LogP contribution in [0.4, 0.5) is 5.69 Å². The molecule has 108 valence electrons. The number of ketones is 2. The third-order valence-electron chi connectivity index (χ3n) is 3.47. The largest absolute Gasteiger partial charge is 0.545 e. The van der Waals surface area contributed by atoms with Crippen molar-refractivity contribution in [2.45, 2.75) is 0 Å². The Morgan fingerprint density at radius 3 is 2.05 bits per heavy atom. The Kier molecular flexibility index (Phi) is 2.84. The topological polar surface area (TPSA) is 117 Å². The van der Waals surface area contributed by atoms with Gasteiger partial charge in [-0.1, -0.05) is 24.3 Å². The summed E-state index contributed by atoms with van der Waals surface area (Å²) < 4.78 is 0. The number of nitro benzene ring substituents is 1. The molecule has 2 aromatic rings. The summed E-state index contributed by atoms with van der Waals surface area (Å²) >= 11 is 0. The SMILES string of the molecule is O=C1c2ccccc2C(=O)c2c1ccc(C(=O)[O-])c2[N+](=O)[O-]. The maximum atomic E-state index is 12.5. The number of aromatic carboxylic acids is 1. The van der Waals surface area contributed by atoms with Crippen molar-refractivity contribution in [1.82, 2.24) is 0 Å². The lowest BCUT2D eigenvalue weighted by atomic mass is 9.82. The first-order chi connectivity index (χ1) is 10.4. The molecular formula is C15H6NO6-. The third kappa shape index (κ3) is 1.72. The normalized spacial score (nSPS) is 12.5. The number of hydrogen-bond acceptors (Lipinski definition) is 6. The predicted octanol–water partition coefficient (Wildman–Crippen LogP) is 0.734. The molecule has 7 heteroatoms. The van der Waals surface area contributed by atoms with Crippen LogP contribution in [-0.4, -0.2) is 22.5 Å². The zero-order valence-corrected chi connectivity index (χ0v) is 10.9. The van der Waals surface area contributed by atoms with Gasteiger partial charge in [0.1, 0.15) is 5.56 Å². The summed E-state index contributed by atoms with van der Waals surface area (Å²) in [6.45, 7) is 0. The van der Waals surface area contributed by atoms with Crippen molar-refractivity contribution >= 4 is 23.2 Å². The molecular weight excluding hydrogens is 290 g/mol. The Labute approximate surface area is 123 Å². The van der Waals surface area contributed by atoms with Crippen molar-refractivity contribution in [3.05, 3.63) is 74.3 Å². The van der Waals surface area contributed by atoms with Gasteiger partial charge in [-0.15, -0.1) is 0 Å². The number of carbonyl (C=O) groups excluding carboxylic acids is 3. The molecule has 0 saturated carbocycles. The highest BCUT2D eigenvalue weighted by molar-refractivity contribution is 6.30. The van der Waals surface area contributed by atoms with Crippen molar-refractivity contribution in [3.63, 3.8) is 0 Å². The smallest absolute Gasteiger partial charge is 0.290 e. The molecule has 0 unspecified atom stereocenters. The van der Waals surface area contributed by atoms with Gasteiger partial charge in [-0.25, -0.2) is 0 Å². The first kappa shape index (κ1) is 13.6. The van der Waals surface area contributed by atoms with Crippen molar-refractivity contribution in [2.75, 3.05) is 0 Å². The molecule has 0 fully saturated rings. The predicted molar refractivity (Wildman–Crippen MR) is 70.7 cm³/mol. The minimum atomic E-state index is -1.78. The Balaban J connectivity index is 2.41. The van der Waals surface area contributed by atoms with E-state index in [-0.39, 0.29) is 16.7 Å². The summed E-state index contributed by atoms with van der Waals surface area (Å²) in [4.78, 5) is 46.1. The molecule has 2 aromatic carbocycles. The second-order valence-electron chi connectivity index (χ2n) is 4.63. The molecule has 0 aromatic heterocycles. The lowest BCUT2D eigenvalue weighted by Crippen LogP contribution is -2.27. The number of carboxylic acids is 1. The average Bonchev–Trinajstić information content (AvgIpc) is 2.51. The number of fused-ring (bicyclic) bond motifs is 2. The first-order valence-electron chi connectivity index (χ1n) is 6.14. The van der Waals surface area contributed by atoms with Crippen LogP contribution in [0, 0.1) is 10.1 Å². The van der Waals surface area contributed by atoms with Gasteiger partial charge in [-0.05, 0) is 12.1 Å². The zero-order valence-electron chi connectivity index (χ0n) is 10.9. The van der Waals surface area contributed by atoms with Gasteiger partial charge in [0.15, 0.2) is 5.78 Å². The number of hydrogen-bond donors (Lipinski definition) is 0. The Morgan fingerprint density at radius 1 is 0.909 bits per heavy atom. The molecule has 0 N–H and O–H groups in total. The van der Waals surface area contributed by atoms with Crippen LogP contribution in [0.25, 0.3) is 0 Å². The van der Waals surface area contributed by atoms with E-state index in [4.69, 9.17) is 0 Å². The zero-order chi connectivity index (χ0) is 16.0. The fourth-order valence-electron chi connectivity index (χ4n) is 2.52. The van der Waals surface area contributed by atoms with E-state index in [9.17, 15) is 29.6 Å². The summed E-state index contributed by atoms with van der Waals surface area (Å²) in [6, 6.07) is 7.91. The van der Waals surface area contributed by atoms with Crippen molar-refractivity contribution in [1.29, 1.82) is 0 Å². The third-order valence-corrected chi connectivity index (χ3v) is 3.47. The summed E-state index contributed by atoms with van der Waals surface area (Å²) in [5, 5.41) is 22.2. The molecule has 22 heavy (non-hydrogen) atoms. The van der Waals surface area contributed by atoms with Crippen molar-refractivity contribution in [2.24, 2.45) is 0 Å². The molecule has 0 saturated heterocycles. The standard InChI is InChI=1S/C15H7NO6/c17-13-7-3-1-2-4-8(7)14(18)11-9(13)5-6-10(15(19)20)12(11)16(21)22/h1-6H,(H,19,20)/p-1. The summed E-state index contributed by atoms with van der Waals surface area (Å²) in [6.07, 6.45) is 0. The van der Waals surface area contributed by atoms with E-state index in [1.54, 1.807) is 6.07 Å². The average molecular weight is 296 g/mol. The second-order valence-corrected chi connectivity index (χ2v) is 4.63. The van der Waals surface area contributed by atoms with Crippen LogP contribution in [0.1, 0.15) is 42.2 Å². The molecule has 1 aliphatic rings. The molecule has 0 bridgehead atoms. The lowest BCUT2D eigenvalue weighted by molar-refractivity contribution is -0.386. The maximum absolute atomic E-state index is 12.5. The van der Waals surface area contributed by atoms with E-state index in [1.807, 2.05) is 0 Å². The number of benzene rings is 2. The second kappa shape index (κ2) is 4.59. The monoisotopic (exact) mass is 296 g/mol. The molecule has 0 spiro atoms. The van der Waals surface area contributed by atoms with Gasteiger partial charge in [-0.3, -0.25) is 19.7 Å². The van der Waals surface area contributed by atoms with E-state index in [0.29, 0.717) is 0 Å². The van der Waals surface area contributed by atoms with Crippen LogP contribution >= 0.6 is 0 Å². The van der Waals surface area contributed by atoms with Gasteiger partial charge < -0.3 is 9.90 Å². The highest BCUT2D eigenvalue weighted by atomic mass is 16.6. The minimum Gasteiger partial charge on any atom is -0.545 e. The Hall–Kier alpha value is -3.35. The Bertz CT molecular complexity index is 884. The number of rotatable bonds is 2. The number of nitrogens with zero attached hydrogens (tertiary/aromatic N) is 1. The first-order valence-corrected chi connectivity index (χ1v) is 6.14. The van der Waals surface area contributed by atoms with Gasteiger partial charge in [0.05, 0.1) is 16.5 Å².